The Balaban J connectivity index is 2.38. The lowest BCUT2D eigenvalue weighted by Gasteiger charge is -2.37. The van der Waals surface area contributed by atoms with Crippen LogP contribution in [0, 0.1) is 12.8 Å². The molecule has 1 aromatic rings. The van der Waals surface area contributed by atoms with Crippen molar-refractivity contribution in [2.24, 2.45) is 5.92 Å². The van der Waals surface area contributed by atoms with Crippen molar-refractivity contribution >= 4 is 5.97 Å². The van der Waals surface area contributed by atoms with Gasteiger partial charge in [0.2, 0.25) is 0 Å². The first kappa shape index (κ1) is 13.9. The average molecular weight is 264 g/mol. The number of methoxy groups -OCH3 is 1. The second-order valence-electron chi connectivity index (χ2n) is 5.49. The van der Waals surface area contributed by atoms with Gasteiger partial charge in [0, 0.05) is 11.4 Å². The molecule has 0 aromatic carbocycles. The maximum Gasteiger partial charge on any atom is 0.324 e. The molecule has 1 aliphatic rings. The van der Waals surface area contributed by atoms with Gasteiger partial charge in [0.1, 0.15) is 0 Å². The highest BCUT2D eigenvalue weighted by atomic mass is 16.5. The molecule has 19 heavy (non-hydrogen) atoms. The molecule has 0 unspecified atom stereocenters. The minimum atomic E-state index is -0.813. The first-order chi connectivity index (χ1) is 8.98. The van der Waals surface area contributed by atoms with Crippen LogP contribution in [0.3, 0.4) is 0 Å². The summed E-state index contributed by atoms with van der Waals surface area (Å²) in [4.78, 5) is 20.9. The zero-order valence-electron chi connectivity index (χ0n) is 11.9. The van der Waals surface area contributed by atoms with Crippen molar-refractivity contribution in [3.63, 3.8) is 0 Å². The molecule has 0 aliphatic carbocycles. The maximum absolute atomic E-state index is 12.0. The zero-order chi connectivity index (χ0) is 14.0. The topological polar surface area (TPSA) is 61.3 Å². The Bertz CT molecular complexity index is 482. The molecule has 2 rings (SSSR count). The van der Waals surface area contributed by atoms with Crippen molar-refractivity contribution in [3.05, 3.63) is 23.3 Å². The monoisotopic (exact) mass is 264 g/mol. The summed E-state index contributed by atoms with van der Waals surface area (Å²) in [5.41, 5.74) is 1.02. The van der Waals surface area contributed by atoms with Gasteiger partial charge in [-0.2, -0.15) is 0 Å². The third-order valence-corrected chi connectivity index (χ3v) is 3.23. The number of carbonyl (C=O) groups is 1. The summed E-state index contributed by atoms with van der Waals surface area (Å²) in [6.45, 7) is 6.79. The molecule has 5 heteroatoms. The van der Waals surface area contributed by atoms with Gasteiger partial charge in [-0.25, -0.2) is 9.97 Å². The van der Waals surface area contributed by atoms with Crippen LogP contribution in [0.4, 0.5) is 0 Å². The Morgan fingerprint density at radius 1 is 1.47 bits per heavy atom. The number of hydrogen-bond acceptors (Lipinski definition) is 5. The van der Waals surface area contributed by atoms with E-state index in [1.54, 1.807) is 0 Å². The lowest BCUT2D eigenvalue weighted by atomic mass is 9.84. The number of aromatic nitrogens is 2. The number of esters is 1. The Labute approximate surface area is 113 Å². The van der Waals surface area contributed by atoms with E-state index in [0.717, 1.165) is 17.8 Å². The highest BCUT2D eigenvalue weighted by molar-refractivity contribution is 5.83. The summed E-state index contributed by atoms with van der Waals surface area (Å²) in [6.07, 6.45) is 0.870. The van der Waals surface area contributed by atoms with Gasteiger partial charge in [-0.1, -0.05) is 13.8 Å². The SMILES string of the molecule is COC(=O)C1(c2nc(C)cc(CC(C)C)n2)COC1. The van der Waals surface area contributed by atoms with E-state index in [1.165, 1.54) is 7.11 Å². The largest absolute Gasteiger partial charge is 0.468 e. The fraction of sp³-hybridized carbons (Fsp3) is 0.643. The highest BCUT2D eigenvalue weighted by Gasteiger charge is 2.51. The van der Waals surface area contributed by atoms with Crippen molar-refractivity contribution in [3.8, 4) is 0 Å². The zero-order valence-corrected chi connectivity index (χ0v) is 11.9. The average Bonchev–Trinajstić information content (AvgIpc) is 2.25. The highest BCUT2D eigenvalue weighted by Crippen LogP contribution is 2.31. The molecule has 2 heterocycles. The number of aryl methyl sites for hydroxylation is 1. The standard InChI is InChI=1S/C14H20N2O3/c1-9(2)5-11-6-10(3)15-12(16-11)14(7-19-8-14)13(17)18-4/h6,9H,5,7-8H2,1-4H3. The number of rotatable bonds is 4. The van der Waals surface area contributed by atoms with Crippen LogP contribution in [0.2, 0.25) is 0 Å². The summed E-state index contributed by atoms with van der Waals surface area (Å²) >= 11 is 0. The quantitative estimate of drug-likeness (QED) is 0.770. The van der Waals surface area contributed by atoms with Crippen molar-refractivity contribution in [2.75, 3.05) is 20.3 Å². The second-order valence-corrected chi connectivity index (χ2v) is 5.49. The number of hydrogen-bond donors (Lipinski definition) is 0. The fourth-order valence-corrected chi connectivity index (χ4v) is 2.21. The molecule has 5 nitrogen and oxygen atoms in total. The lowest BCUT2D eigenvalue weighted by Crippen LogP contribution is -2.54. The Morgan fingerprint density at radius 2 is 2.16 bits per heavy atom. The smallest absolute Gasteiger partial charge is 0.324 e. The molecule has 0 radical (unpaired) electrons. The Hall–Kier alpha value is -1.49. The van der Waals surface area contributed by atoms with Crippen LogP contribution in [-0.2, 0) is 26.1 Å². The summed E-state index contributed by atoms with van der Waals surface area (Å²) in [5, 5.41) is 0. The van der Waals surface area contributed by atoms with E-state index in [9.17, 15) is 4.79 Å². The molecule has 1 aliphatic heterocycles. The van der Waals surface area contributed by atoms with Gasteiger partial charge in [-0.15, -0.1) is 0 Å². The predicted octanol–water partition coefficient (Wildman–Crippen LogP) is 1.42. The van der Waals surface area contributed by atoms with Gasteiger partial charge in [-0.05, 0) is 25.3 Å². The summed E-state index contributed by atoms with van der Waals surface area (Å²) in [5.74, 6) is 0.718. The van der Waals surface area contributed by atoms with Crippen LogP contribution in [0.5, 0.6) is 0 Å². The Kier molecular flexibility index (Phi) is 3.85. The minimum absolute atomic E-state index is 0.296. The van der Waals surface area contributed by atoms with Gasteiger partial charge >= 0.3 is 5.97 Å². The molecule has 1 aromatic heterocycles. The predicted molar refractivity (Wildman–Crippen MR) is 69.8 cm³/mol. The van der Waals surface area contributed by atoms with Crippen LogP contribution in [0.15, 0.2) is 6.07 Å². The normalized spacial score (nSPS) is 17.1. The van der Waals surface area contributed by atoms with E-state index in [0.29, 0.717) is 25.0 Å². The minimum Gasteiger partial charge on any atom is -0.468 e. The number of nitrogens with zero attached hydrogens (tertiary/aromatic N) is 2. The second kappa shape index (κ2) is 5.25. The third-order valence-electron chi connectivity index (χ3n) is 3.23. The molecule has 0 bridgehead atoms. The fourth-order valence-electron chi connectivity index (χ4n) is 2.21. The molecule has 0 amide bonds. The van der Waals surface area contributed by atoms with Gasteiger partial charge in [0.25, 0.3) is 0 Å². The van der Waals surface area contributed by atoms with Crippen LogP contribution in [-0.4, -0.2) is 36.3 Å². The number of ether oxygens (including phenoxy) is 2. The van der Waals surface area contributed by atoms with E-state index in [2.05, 4.69) is 23.8 Å². The van der Waals surface area contributed by atoms with E-state index in [4.69, 9.17) is 9.47 Å². The molecular formula is C14H20N2O3. The molecule has 1 fully saturated rings. The van der Waals surface area contributed by atoms with Crippen LogP contribution >= 0.6 is 0 Å². The van der Waals surface area contributed by atoms with E-state index >= 15 is 0 Å². The first-order valence-electron chi connectivity index (χ1n) is 6.49. The van der Waals surface area contributed by atoms with E-state index in [1.807, 2.05) is 13.0 Å². The number of carbonyl (C=O) groups excluding carboxylic acids is 1. The van der Waals surface area contributed by atoms with Crippen LogP contribution < -0.4 is 0 Å². The van der Waals surface area contributed by atoms with Crippen molar-refractivity contribution in [1.29, 1.82) is 0 Å². The van der Waals surface area contributed by atoms with Crippen molar-refractivity contribution in [2.45, 2.75) is 32.6 Å². The summed E-state index contributed by atoms with van der Waals surface area (Å²) < 4.78 is 10.1. The molecule has 0 atom stereocenters. The summed E-state index contributed by atoms with van der Waals surface area (Å²) in [7, 11) is 1.38. The van der Waals surface area contributed by atoms with Crippen molar-refractivity contribution in [1.82, 2.24) is 9.97 Å². The van der Waals surface area contributed by atoms with Crippen molar-refractivity contribution < 1.29 is 14.3 Å². The molecule has 0 spiro atoms. The first-order valence-corrected chi connectivity index (χ1v) is 6.49. The van der Waals surface area contributed by atoms with Gasteiger partial charge in [0.05, 0.1) is 20.3 Å². The van der Waals surface area contributed by atoms with Crippen LogP contribution in [0.25, 0.3) is 0 Å². The van der Waals surface area contributed by atoms with Gasteiger partial charge in [-0.3, -0.25) is 4.79 Å². The molecule has 0 N–H and O–H groups in total. The molecule has 1 saturated heterocycles. The molecular weight excluding hydrogens is 244 g/mol. The van der Waals surface area contributed by atoms with Gasteiger partial charge < -0.3 is 9.47 Å². The molecule has 104 valence electrons. The van der Waals surface area contributed by atoms with E-state index in [-0.39, 0.29) is 5.97 Å². The summed E-state index contributed by atoms with van der Waals surface area (Å²) in [6, 6.07) is 1.97. The Morgan fingerprint density at radius 3 is 2.63 bits per heavy atom. The van der Waals surface area contributed by atoms with Gasteiger partial charge in [0.15, 0.2) is 11.2 Å². The molecule has 0 saturated carbocycles. The van der Waals surface area contributed by atoms with E-state index < -0.39 is 5.41 Å². The third kappa shape index (κ3) is 2.61. The van der Waals surface area contributed by atoms with Crippen LogP contribution in [0.1, 0.15) is 31.1 Å². The maximum atomic E-state index is 12.0. The lowest BCUT2D eigenvalue weighted by molar-refractivity contribution is -0.167.